The summed E-state index contributed by atoms with van der Waals surface area (Å²) in [6, 6.07) is 7.17. The Morgan fingerprint density at radius 1 is 1.33 bits per heavy atom. The summed E-state index contributed by atoms with van der Waals surface area (Å²) in [6.07, 6.45) is 5.52. The normalized spacial score (nSPS) is 15.5. The molecule has 0 fully saturated rings. The molecule has 2 heterocycles. The quantitative estimate of drug-likeness (QED) is 0.852. The van der Waals surface area contributed by atoms with Crippen molar-refractivity contribution in [3.63, 3.8) is 0 Å². The molecule has 0 bridgehead atoms. The topological polar surface area (TPSA) is 80.0 Å². The predicted molar refractivity (Wildman–Crippen MR) is 90.9 cm³/mol. The van der Waals surface area contributed by atoms with Crippen LogP contribution in [0.2, 0.25) is 0 Å². The van der Waals surface area contributed by atoms with E-state index in [4.69, 9.17) is 5.11 Å². The van der Waals surface area contributed by atoms with E-state index < -0.39 is 5.97 Å². The largest absolute Gasteiger partial charge is 0.478 e. The maximum Gasteiger partial charge on any atom is 0.335 e. The van der Waals surface area contributed by atoms with Gasteiger partial charge in [0.2, 0.25) is 0 Å². The molecule has 0 amide bonds. The van der Waals surface area contributed by atoms with Crippen LogP contribution in [-0.4, -0.2) is 25.8 Å². The molecule has 1 aromatic heterocycles. The van der Waals surface area contributed by atoms with Crippen molar-refractivity contribution in [2.24, 2.45) is 0 Å². The minimum Gasteiger partial charge on any atom is -0.478 e. The highest BCUT2D eigenvalue weighted by Crippen LogP contribution is 2.21. The van der Waals surface area contributed by atoms with Crippen LogP contribution in [0.1, 0.15) is 66.2 Å². The highest BCUT2D eigenvalue weighted by Gasteiger charge is 2.20. The number of aryl methyl sites for hydroxylation is 1. The molecule has 6 heteroatoms. The van der Waals surface area contributed by atoms with Crippen LogP contribution in [-0.2, 0) is 19.5 Å². The van der Waals surface area contributed by atoms with Crippen molar-refractivity contribution in [1.29, 1.82) is 0 Å². The van der Waals surface area contributed by atoms with Gasteiger partial charge in [0.15, 0.2) is 0 Å². The molecule has 1 unspecified atom stereocenters. The Morgan fingerprint density at radius 2 is 2.21 bits per heavy atom. The summed E-state index contributed by atoms with van der Waals surface area (Å²) < 4.78 is 2.27. The average Bonchev–Trinajstić information content (AvgIpc) is 2.84. The molecule has 3 rings (SSSR count). The molecular weight excluding hydrogens is 304 g/mol. The van der Waals surface area contributed by atoms with E-state index in [0.29, 0.717) is 12.1 Å². The number of hydrogen-bond donors (Lipinski definition) is 2. The van der Waals surface area contributed by atoms with Crippen LogP contribution in [0.15, 0.2) is 24.3 Å². The molecule has 0 radical (unpaired) electrons. The van der Waals surface area contributed by atoms with E-state index in [1.807, 2.05) is 6.07 Å². The second kappa shape index (κ2) is 7.57. The van der Waals surface area contributed by atoms with Gasteiger partial charge < -0.3 is 15.0 Å². The Labute approximate surface area is 141 Å². The first-order chi connectivity index (χ1) is 11.7. The molecule has 1 aromatic carbocycles. The third kappa shape index (κ3) is 3.64. The standard InChI is InChI=1S/C18H24N4O2/c1-2-15(17-21-20-16-9-4-3-5-10-22(16)17)19-12-13-7-6-8-14(11-13)18(23)24/h6-8,11,15,19H,2-5,9-10,12H2,1H3,(H,23,24). The summed E-state index contributed by atoms with van der Waals surface area (Å²) in [4.78, 5) is 11.1. The zero-order valence-corrected chi connectivity index (χ0v) is 14.0. The van der Waals surface area contributed by atoms with Gasteiger partial charge in [-0.2, -0.15) is 0 Å². The summed E-state index contributed by atoms with van der Waals surface area (Å²) in [5.41, 5.74) is 1.28. The molecule has 0 saturated carbocycles. The van der Waals surface area contributed by atoms with E-state index in [0.717, 1.165) is 36.6 Å². The van der Waals surface area contributed by atoms with Crippen molar-refractivity contribution in [2.45, 2.75) is 58.2 Å². The van der Waals surface area contributed by atoms with Crippen LogP contribution in [0.3, 0.4) is 0 Å². The van der Waals surface area contributed by atoms with Crippen LogP contribution in [0.5, 0.6) is 0 Å². The number of hydrogen-bond acceptors (Lipinski definition) is 4. The number of aromatic nitrogens is 3. The summed E-state index contributed by atoms with van der Waals surface area (Å²) in [7, 11) is 0. The first-order valence-corrected chi connectivity index (χ1v) is 8.66. The maximum atomic E-state index is 11.1. The Kier molecular flexibility index (Phi) is 5.25. The van der Waals surface area contributed by atoms with Crippen molar-refractivity contribution < 1.29 is 9.90 Å². The smallest absolute Gasteiger partial charge is 0.335 e. The molecule has 128 valence electrons. The number of carboxylic acids is 1. The van der Waals surface area contributed by atoms with E-state index >= 15 is 0 Å². The number of fused-ring (bicyclic) bond motifs is 1. The molecule has 1 aliphatic heterocycles. The number of carbonyl (C=O) groups is 1. The molecule has 1 atom stereocenters. The fourth-order valence-electron chi connectivity index (χ4n) is 3.24. The van der Waals surface area contributed by atoms with Gasteiger partial charge in [-0.3, -0.25) is 0 Å². The van der Waals surface area contributed by atoms with Crippen LogP contribution < -0.4 is 5.32 Å². The monoisotopic (exact) mass is 328 g/mol. The maximum absolute atomic E-state index is 11.1. The van der Waals surface area contributed by atoms with E-state index in [2.05, 4.69) is 27.0 Å². The van der Waals surface area contributed by atoms with Crippen LogP contribution in [0, 0.1) is 0 Å². The molecular formula is C18H24N4O2. The van der Waals surface area contributed by atoms with Crippen LogP contribution in [0.25, 0.3) is 0 Å². The third-order valence-corrected chi connectivity index (χ3v) is 4.58. The van der Waals surface area contributed by atoms with Crippen molar-refractivity contribution in [2.75, 3.05) is 0 Å². The molecule has 0 saturated heterocycles. The van der Waals surface area contributed by atoms with E-state index in [9.17, 15) is 4.79 Å². The minimum absolute atomic E-state index is 0.123. The SMILES string of the molecule is CCC(NCc1cccc(C(=O)O)c1)c1nnc2n1CCCCC2. The summed E-state index contributed by atoms with van der Waals surface area (Å²) in [5.74, 6) is 1.20. The average molecular weight is 328 g/mol. The second-order valence-electron chi connectivity index (χ2n) is 6.28. The van der Waals surface area contributed by atoms with Crippen LogP contribution >= 0.6 is 0 Å². The highest BCUT2D eigenvalue weighted by molar-refractivity contribution is 5.87. The highest BCUT2D eigenvalue weighted by atomic mass is 16.4. The van der Waals surface area contributed by atoms with Gasteiger partial charge in [0.1, 0.15) is 11.6 Å². The molecule has 6 nitrogen and oxygen atoms in total. The molecule has 0 spiro atoms. The van der Waals surface area contributed by atoms with Gasteiger partial charge in [-0.1, -0.05) is 25.5 Å². The fourth-order valence-corrected chi connectivity index (χ4v) is 3.24. The van der Waals surface area contributed by atoms with Crippen molar-refractivity contribution in [3.05, 3.63) is 47.0 Å². The van der Waals surface area contributed by atoms with E-state index in [1.165, 1.54) is 19.3 Å². The molecule has 24 heavy (non-hydrogen) atoms. The molecule has 2 N–H and O–H groups in total. The fraction of sp³-hybridized carbons (Fsp3) is 0.500. The predicted octanol–water partition coefficient (Wildman–Crippen LogP) is 2.94. The number of benzene rings is 1. The van der Waals surface area contributed by atoms with Crippen molar-refractivity contribution >= 4 is 5.97 Å². The zero-order chi connectivity index (χ0) is 16.9. The Morgan fingerprint density at radius 3 is 3.00 bits per heavy atom. The lowest BCUT2D eigenvalue weighted by atomic mass is 10.1. The second-order valence-corrected chi connectivity index (χ2v) is 6.28. The zero-order valence-electron chi connectivity index (χ0n) is 14.0. The number of nitrogens with one attached hydrogen (secondary N) is 1. The molecule has 0 aliphatic carbocycles. The first-order valence-electron chi connectivity index (χ1n) is 8.66. The van der Waals surface area contributed by atoms with Gasteiger partial charge in [-0.15, -0.1) is 10.2 Å². The molecule has 1 aliphatic rings. The lowest BCUT2D eigenvalue weighted by Crippen LogP contribution is -2.24. The Balaban J connectivity index is 1.72. The van der Waals surface area contributed by atoms with E-state index in [-0.39, 0.29) is 6.04 Å². The Hall–Kier alpha value is -2.21. The number of aromatic carboxylic acids is 1. The van der Waals surface area contributed by atoms with Gasteiger partial charge in [0.25, 0.3) is 0 Å². The molecule has 2 aromatic rings. The van der Waals surface area contributed by atoms with Crippen molar-refractivity contribution in [1.82, 2.24) is 20.1 Å². The lowest BCUT2D eigenvalue weighted by molar-refractivity contribution is 0.0696. The summed E-state index contributed by atoms with van der Waals surface area (Å²) in [6.45, 7) is 3.73. The lowest BCUT2D eigenvalue weighted by Gasteiger charge is -2.18. The minimum atomic E-state index is -0.897. The summed E-state index contributed by atoms with van der Waals surface area (Å²) in [5, 5.41) is 21.4. The van der Waals surface area contributed by atoms with Gasteiger partial charge in [0, 0.05) is 19.5 Å². The van der Waals surface area contributed by atoms with Gasteiger partial charge in [-0.25, -0.2) is 4.79 Å². The van der Waals surface area contributed by atoms with E-state index in [1.54, 1.807) is 18.2 Å². The first kappa shape index (κ1) is 16.6. The van der Waals surface area contributed by atoms with Gasteiger partial charge in [0.05, 0.1) is 11.6 Å². The van der Waals surface area contributed by atoms with Crippen molar-refractivity contribution in [3.8, 4) is 0 Å². The number of carboxylic acid groups (broad SMARTS) is 1. The summed E-state index contributed by atoms with van der Waals surface area (Å²) >= 11 is 0. The number of nitrogens with zero attached hydrogens (tertiary/aromatic N) is 3. The van der Waals surface area contributed by atoms with Crippen LogP contribution in [0.4, 0.5) is 0 Å². The third-order valence-electron chi connectivity index (χ3n) is 4.58. The van der Waals surface area contributed by atoms with Gasteiger partial charge >= 0.3 is 5.97 Å². The van der Waals surface area contributed by atoms with Gasteiger partial charge in [-0.05, 0) is 37.0 Å². The Bertz CT molecular complexity index is 711. The number of rotatable bonds is 6.